The van der Waals surface area contributed by atoms with Crippen molar-refractivity contribution in [1.82, 2.24) is 61.7 Å². The summed E-state index contributed by atoms with van der Waals surface area (Å²) >= 11 is 0. The minimum Gasteiger partial charge on any atom is -0.508 e. The van der Waals surface area contributed by atoms with Gasteiger partial charge in [0.05, 0.1) is 32.8 Å². The Morgan fingerprint density at radius 2 is 1.18 bits per heavy atom. The molecule has 13 N–H and O–H groups in total. The number of fused-ring (bicyclic) bond motifs is 1. The molecule has 2 atom stereocenters. The number of nitrogens with one attached hydrogen (secondary N) is 7. The average Bonchev–Trinajstić information content (AvgIpc) is 1.73. The minimum atomic E-state index is -1.04. The number of aliphatic carboxylic acids is 3. The molecule has 2 fully saturated rings. The molecular formula is C62H90N14O14. The molecule has 0 radical (unpaired) electrons. The third-order valence-electron chi connectivity index (χ3n) is 16.0. The van der Waals surface area contributed by atoms with E-state index in [9.17, 15) is 63.6 Å². The van der Waals surface area contributed by atoms with Crippen molar-refractivity contribution in [3.8, 4) is 11.5 Å². The van der Waals surface area contributed by atoms with Crippen LogP contribution in [0.25, 0.3) is 0 Å². The van der Waals surface area contributed by atoms with Gasteiger partial charge in [-0.25, -0.2) is 4.79 Å². The van der Waals surface area contributed by atoms with Crippen LogP contribution < -0.4 is 47.7 Å². The van der Waals surface area contributed by atoms with Crippen molar-refractivity contribution in [3.63, 3.8) is 0 Å². The van der Waals surface area contributed by atoms with Crippen LogP contribution in [0.5, 0.6) is 11.5 Å². The molecule has 3 aromatic carbocycles. The second kappa shape index (κ2) is 37.5. The predicted octanol–water partition coefficient (Wildman–Crippen LogP) is 0.454. The molecule has 0 bridgehead atoms. The van der Waals surface area contributed by atoms with Gasteiger partial charge in [-0.1, -0.05) is 55.5 Å². The summed E-state index contributed by atoms with van der Waals surface area (Å²) in [6.07, 6.45) is 4.15. The number of guanidine groups is 1. The number of ether oxygens (including phenoxy) is 1. The molecule has 28 nitrogen and oxygen atoms in total. The molecule has 28 heteroatoms. The van der Waals surface area contributed by atoms with E-state index in [2.05, 4.69) is 42.2 Å². The Bertz CT molecular complexity index is 2820. The molecule has 2 heterocycles. The lowest BCUT2D eigenvalue weighted by molar-refractivity contribution is -0.140. The number of carbonyl (C=O) groups is 9. The van der Waals surface area contributed by atoms with Crippen molar-refractivity contribution in [1.29, 1.82) is 0 Å². The fraction of sp³-hybridized carbons (Fsp3) is 0.548. The zero-order valence-corrected chi connectivity index (χ0v) is 51.4. The molecule has 492 valence electrons. The molecule has 0 aromatic heterocycles. The van der Waals surface area contributed by atoms with Gasteiger partial charge in [0.2, 0.25) is 29.5 Å². The van der Waals surface area contributed by atoms with E-state index in [0.717, 1.165) is 29.5 Å². The van der Waals surface area contributed by atoms with E-state index in [1.165, 1.54) is 12.1 Å². The van der Waals surface area contributed by atoms with Crippen molar-refractivity contribution in [3.05, 3.63) is 95.1 Å². The summed E-state index contributed by atoms with van der Waals surface area (Å²) in [4.78, 5) is 127. The fourth-order valence-corrected chi connectivity index (χ4v) is 11.0. The highest BCUT2D eigenvalue weighted by Gasteiger charge is 2.35. The molecule has 0 unspecified atom stereocenters. The number of benzene rings is 3. The maximum Gasteiger partial charge on any atom is 0.321 e. The Morgan fingerprint density at radius 1 is 0.622 bits per heavy atom. The number of urea groups is 1. The lowest BCUT2D eigenvalue weighted by Crippen LogP contribution is -2.50. The number of nitrogens with two attached hydrogens (primary N) is 1. The zero-order valence-electron chi connectivity index (χ0n) is 51.4. The van der Waals surface area contributed by atoms with Crippen LogP contribution in [0, 0.1) is 11.8 Å². The number of carboxylic acids is 3. The van der Waals surface area contributed by atoms with Crippen LogP contribution in [0.15, 0.2) is 77.8 Å². The van der Waals surface area contributed by atoms with E-state index in [1.807, 2.05) is 46.2 Å². The molecule has 3 aromatic rings. The quantitative estimate of drug-likeness (QED) is 0.0236. The van der Waals surface area contributed by atoms with Crippen molar-refractivity contribution in [2.24, 2.45) is 22.6 Å². The predicted molar refractivity (Wildman–Crippen MR) is 333 cm³/mol. The van der Waals surface area contributed by atoms with E-state index >= 15 is 0 Å². The normalized spacial score (nSPS) is 18.0. The number of phenolic OH excluding ortho intramolecular Hbond substituents is 1. The molecule has 90 heavy (non-hydrogen) atoms. The molecule has 6 rings (SSSR count). The molecule has 0 spiro atoms. The summed E-state index contributed by atoms with van der Waals surface area (Å²) < 4.78 is 6.09. The van der Waals surface area contributed by atoms with Gasteiger partial charge in [-0.2, -0.15) is 0 Å². The monoisotopic (exact) mass is 1250 g/mol. The number of phenols is 1. The van der Waals surface area contributed by atoms with E-state index in [1.54, 1.807) is 45.9 Å². The Labute approximate surface area is 524 Å². The number of carboxylic acid groups (broad SMARTS) is 3. The first kappa shape index (κ1) is 70.6. The van der Waals surface area contributed by atoms with E-state index in [-0.39, 0.29) is 126 Å². The average molecular weight is 1260 g/mol. The lowest BCUT2D eigenvalue weighted by Gasteiger charge is -2.33. The first-order chi connectivity index (χ1) is 43.3. The standard InChI is InChI=1S/C62H90N14O14/c1-2-52(78)64-24-25-67-62(89)71-61(63)66-22-5-9-51(59(87)69-36-44-12-18-49(77)19-13-44)70-60(88)57(76-37-47-7-3-4-8-48(47)38-76)45-16-20-50(21-17-45)90-34-6-23-65-58(86)46-14-10-43(11-15-46)35-68-53(79)39-72-26-28-73(40-54(80)81)30-32-75(42-56(84)85)33-31-74(29-27-72)41-55(82)83/h3-4,7-8,12-13,16-21,43,46,51,57,77H,2,5-6,9-11,14-15,22-42H2,1H3,(H,64,78)(H,65,86)(H,68,79)(H,69,87)(H,70,88)(H,80,81)(H,82,83)(H,84,85)(H4,63,66,67,71,89)/t43?,46?,51-,57+/m1/s1. The van der Waals surface area contributed by atoms with Crippen LogP contribution >= 0.6 is 0 Å². The number of rotatable bonds is 31. The molecule has 7 amide bonds. The van der Waals surface area contributed by atoms with Gasteiger partial charge in [0.1, 0.15) is 23.6 Å². The third kappa shape index (κ3) is 25.6. The van der Waals surface area contributed by atoms with Gasteiger partial charge in [-0.3, -0.25) is 73.2 Å². The highest BCUT2D eigenvalue weighted by molar-refractivity contribution is 5.95. The molecule has 3 aliphatic rings. The number of carbonyl (C=O) groups excluding carboxylic acids is 6. The Kier molecular flexibility index (Phi) is 29.5. The van der Waals surface area contributed by atoms with Gasteiger partial charge < -0.3 is 62.8 Å². The summed E-state index contributed by atoms with van der Waals surface area (Å²) in [5.41, 5.74) is 9.55. The van der Waals surface area contributed by atoms with Crippen LogP contribution in [0.2, 0.25) is 0 Å². The van der Waals surface area contributed by atoms with Gasteiger partial charge in [0.15, 0.2) is 5.96 Å². The van der Waals surface area contributed by atoms with Gasteiger partial charge in [-0.15, -0.1) is 0 Å². The highest BCUT2D eigenvalue weighted by atomic mass is 16.5. The molecular weight excluding hydrogens is 1160 g/mol. The summed E-state index contributed by atoms with van der Waals surface area (Å²) in [5.74, 6) is -3.82. The van der Waals surface area contributed by atoms with Gasteiger partial charge in [0, 0.05) is 117 Å². The second-order valence-electron chi connectivity index (χ2n) is 22.9. The van der Waals surface area contributed by atoms with Gasteiger partial charge in [-0.05, 0) is 97.4 Å². The third-order valence-corrected chi connectivity index (χ3v) is 16.0. The Balaban J connectivity index is 0.963. The second-order valence-corrected chi connectivity index (χ2v) is 22.9. The number of hydrogen-bond donors (Lipinski definition) is 12. The first-order valence-corrected chi connectivity index (χ1v) is 30.9. The Hall–Kier alpha value is -8.44. The van der Waals surface area contributed by atoms with Crippen LogP contribution in [-0.2, 0) is 58.0 Å². The topological polar surface area (TPSA) is 383 Å². The number of aromatic hydroxyl groups is 1. The lowest BCUT2D eigenvalue weighted by atomic mass is 9.81. The largest absolute Gasteiger partial charge is 0.508 e. The summed E-state index contributed by atoms with van der Waals surface area (Å²) in [7, 11) is 0. The van der Waals surface area contributed by atoms with E-state index in [0.29, 0.717) is 102 Å². The van der Waals surface area contributed by atoms with Crippen LogP contribution in [-0.4, -0.2) is 228 Å². The van der Waals surface area contributed by atoms with Crippen LogP contribution in [0.3, 0.4) is 0 Å². The maximum absolute atomic E-state index is 14.7. The fourth-order valence-electron chi connectivity index (χ4n) is 11.0. The first-order valence-electron chi connectivity index (χ1n) is 30.9. The zero-order chi connectivity index (χ0) is 64.8. The Morgan fingerprint density at radius 3 is 1.73 bits per heavy atom. The van der Waals surface area contributed by atoms with Crippen molar-refractivity contribution in [2.45, 2.75) is 90.0 Å². The van der Waals surface area contributed by atoms with Crippen LogP contribution in [0.4, 0.5) is 4.79 Å². The summed E-state index contributed by atoms with van der Waals surface area (Å²) in [6.45, 7) is 6.16. The smallest absolute Gasteiger partial charge is 0.321 e. The number of hydrogen-bond acceptors (Lipinski definition) is 17. The van der Waals surface area contributed by atoms with Gasteiger partial charge >= 0.3 is 23.9 Å². The minimum absolute atomic E-state index is 0.0232. The van der Waals surface area contributed by atoms with E-state index < -0.39 is 47.8 Å². The summed E-state index contributed by atoms with van der Waals surface area (Å²) in [5, 5.41) is 58.0. The number of aliphatic imine (C=N–C) groups is 1. The van der Waals surface area contributed by atoms with Crippen molar-refractivity contribution < 1.29 is 68.3 Å². The SMILES string of the molecule is CCC(=O)NCCNC(=O)NC(N)=NCCC[C@@H](NC(=O)[C@H](c1ccc(OCCCNC(=O)C2CCC(CNC(=O)CN3CCN(CC(=O)O)CCN(CC(=O)O)CCN(CC(=O)O)CC3)CC2)cc1)N1Cc2ccccc2C1)C(=O)NCc1ccc(O)cc1. The molecule has 2 aliphatic heterocycles. The molecule has 1 saturated heterocycles. The maximum atomic E-state index is 14.7. The number of nitrogens with zero attached hydrogens (tertiary/aromatic N) is 6. The molecule has 1 aliphatic carbocycles. The molecule has 1 saturated carbocycles. The van der Waals surface area contributed by atoms with Crippen molar-refractivity contribution in [2.75, 3.05) is 118 Å². The van der Waals surface area contributed by atoms with Gasteiger partial charge in [0.25, 0.3) is 0 Å². The van der Waals surface area contributed by atoms with Crippen molar-refractivity contribution >= 4 is 59.4 Å². The van der Waals surface area contributed by atoms with E-state index in [4.69, 9.17) is 10.5 Å². The highest BCUT2D eigenvalue weighted by Crippen LogP contribution is 2.33. The number of amides is 7. The van der Waals surface area contributed by atoms with Crippen LogP contribution in [0.1, 0.15) is 86.6 Å². The summed E-state index contributed by atoms with van der Waals surface area (Å²) in [6, 6.07) is 19.2.